The number of rotatable bonds is 2. The first-order chi connectivity index (χ1) is 7.26. The molecule has 0 bridgehead atoms. The van der Waals surface area contributed by atoms with Crippen LogP contribution >= 0.6 is 11.6 Å². The van der Waals surface area contributed by atoms with Gasteiger partial charge in [-0.1, -0.05) is 18.5 Å². The zero-order chi connectivity index (χ0) is 10.8. The third kappa shape index (κ3) is 1.73. The van der Waals surface area contributed by atoms with Gasteiger partial charge in [-0.05, 0) is 18.1 Å². The zero-order valence-corrected chi connectivity index (χ0v) is 9.04. The van der Waals surface area contributed by atoms with Crippen LogP contribution in [-0.2, 0) is 0 Å². The summed E-state index contributed by atoms with van der Waals surface area (Å²) in [4.78, 5) is 0. The number of nitriles is 1. The molecule has 2 rings (SSSR count). The Balaban J connectivity index is 2.45. The number of hydrogen-bond donors (Lipinski definition) is 0. The fourth-order valence-corrected chi connectivity index (χ4v) is 1.87. The molecule has 15 heavy (non-hydrogen) atoms. The van der Waals surface area contributed by atoms with Gasteiger partial charge in [-0.15, -0.1) is 0 Å². The quantitative estimate of drug-likeness (QED) is 0.774. The molecule has 4 heteroatoms. The lowest BCUT2D eigenvalue weighted by Gasteiger charge is -2.09. The van der Waals surface area contributed by atoms with Crippen LogP contribution in [-0.4, -0.2) is 6.79 Å². The molecule has 1 aliphatic heterocycles. The molecule has 0 amide bonds. The first kappa shape index (κ1) is 10.1. The molecule has 0 N–H and O–H groups in total. The summed E-state index contributed by atoms with van der Waals surface area (Å²) in [5.41, 5.74) is 0.811. The molecule has 1 unspecified atom stereocenters. The monoisotopic (exact) mass is 223 g/mol. The minimum atomic E-state index is -0.188. The van der Waals surface area contributed by atoms with Crippen molar-refractivity contribution in [2.24, 2.45) is 0 Å². The van der Waals surface area contributed by atoms with Crippen molar-refractivity contribution in [3.63, 3.8) is 0 Å². The van der Waals surface area contributed by atoms with E-state index < -0.39 is 0 Å². The Morgan fingerprint density at radius 2 is 2.13 bits per heavy atom. The van der Waals surface area contributed by atoms with Crippen LogP contribution in [0, 0.1) is 11.3 Å². The van der Waals surface area contributed by atoms with Crippen molar-refractivity contribution < 1.29 is 9.47 Å². The van der Waals surface area contributed by atoms with Crippen LogP contribution in [0.5, 0.6) is 11.5 Å². The predicted octanol–water partition coefficient (Wildman–Crippen LogP) is 3.09. The van der Waals surface area contributed by atoms with Crippen LogP contribution in [0.3, 0.4) is 0 Å². The van der Waals surface area contributed by atoms with Crippen molar-refractivity contribution in [3.05, 3.63) is 22.7 Å². The normalized spacial score (nSPS) is 14.7. The predicted molar refractivity (Wildman–Crippen MR) is 56.2 cm³/mol. The summed E-state index contributed by atoms with van der Waals surface area (Å²) in [5, 5.41) is 9.53. The fourth-order valence-electron chi connectivity index (χ4n) is 1.58. The molecule has 1 aliphatic rings. The maximum absolute atomic E-state index is 8.97. The van der Waals surface area contributed by atoms with Gasteiger partial charge in [-0.2, -0.15) is 5.26 Å². The van der Waals surface area contributed by atoms with Crippen LogP contribution in [0.1, 0.15) is 24.8 Å². The smallest absolute Gasteiger partial charge is 0.231 e. The lowest BCUT2D eigenvalue weighted by Crippen LogP contribution is -1.95. The van der Waals surface area contributed by atoms with Crippen LogP contribution < -0.4 is 9.47 Å². The third-order valence-corrected chi connectivity index (χ3v) is 2.76. The summed E-state index contributed by atoms with van der Waals surface area (Å²) in [6.07, 6.45) is 0.732. The number of halogens is 1. The van der Waals surface area contributed by atoms with Crippen molar-refractivity contribution in [3.8, 4) is 17.6 Å². The molecule has 0 saturated carbocycles. The van der Waals surface area contributed by atoms with Crippen molar-refractivity contribution in [1.29, 1.82) is 5.26 Å². The SMILES string of the molecule is CCC(C#N)c1cc2c(cc1Cl)OCO2. The Hall–Kier alpha value is -1.40. The highest BCUT2D eigenvalue weighted by atomic mass is 35.5. The molecule has 1 aromatic rings. The van der Waals surface area contributed by atoms with E-state index in [4.69, 9.17) is 26.3 Å². The Morgan fingerprint density at radius 1 is 1.47 bits per heavy atom. The minimum absolute atomic E-state index is 0.188. The van der Waals surface area contributed by atoms with Crippen LogP contribution in [0.25, 0.3) is 0 Å². The summed E-state index contributed by atoms with van der Waals surface area (Å²) in [7, 11) is 0. The highest BCUT2D eigenvalue weighted by molar-refractivity contribution is 6.31. The number of fused-ring (bicyclic) bond motifs is 1. The van der Waals surface area contributed by atoms with E-state index in [2.05, 4.69) is 6.07 Å². The number of hydrogen-bond acceptors (Lipinski definition) is 3. The van der Waals surface area contributed by atoms with E-state index in [1.165, 1.54) is 0 Å². The molecule has 0 spiro atoms. The standard InChI is InChI=1S/C11H10ClNO2/c1-2-7(5-13)8-3-10-11(4-9(8)12)15-6-14-10/h3-4,7H,2,6H2,1H3. The average Bonchev–Trinajstić information content (AvgIpc) is 2.67. The molecule has 1 atom stereocenters. The van der Waals surface area contributed by atoms with E-state index in [1.54, 1.807) is 12.1 Å². The van der Waals surface area contributed by atoms with Gasteiger partial charge >= 0.3 is 0 Å². The topological polar surface area (TPSA) is 42.2 Å². The maximum atomic E-state index is 8.97. The molecule has 0 saturated heterocycles. The van der Waals surface area contributed by atoms with Crippen LogP contribution in [0.4, 0.5) is 0 Å². The fraction of sp³-hybridized carbons (Fsp3) is 0.364. The molecule has 0 fully saturated rings. The number of ether oxygens (including phenoxy) is 2. The highest BCUT2D eigenvalue weighted by Crippen LogP contribution is 2.39. The van der Waals surface area contributed by atoms with Crippen molar-refractivity contribution in [1.82, 2.24) is 0 Å². The van der Waals surface area contributed by atoms with Crippen molar-refractivity contribution in [2.45, 2.75) is 19.3 Å². The molecule has 1 aromatic carbocycles. The van der Waals surface area contributed by atoms with Gasteiger partial charge in [0.2, 0.25) is 6.79 Å². The second kappa shape index (κ2) is 4.00. The molecular weight excluding hydrogens is 214 g/mol. The van der Waals surface area contributed by atoms with Crippen LogP contribution in [0.15, 0.2) is 12.1 Å². The molecule has 3 nitrogen and oxygen atoms in total. The molecule has 0 radical (unpaired) electrons. The molecule has 78 valence electrons. The van der Waals surface area contributed by atoms with E-state index in [-0.39, 0.29) is 12.7 Å². The Labute approximate surface area is 93.2 Å². The second-order valence-electron chi connectivity index (χ2n) is 3.32. The summed E-state index contributed by atoms with van der Waals surface area (Å²) >= 11 is 6.07. The van der Waals surface area contributed by atoms with Crippen molar-refractivity contribution >= 4 is 11.6 Å². The number of nitrogens with zero attached hydrogens (tertiary/aromatic N) is 1. The highest BCUT2D eigenvalue weighted by Gasteiger charge is 2.20. The van der Waals surface area contributed by atoms with Gasteiger partial charge in [0.1, 0.15) is 0 Å². The van der Waals surface area contributed by atoms with Crippen molar-refractivity contribution in [2.75, 3.05) is 6.79 Å². The molecule has 0 aromatic heterocycles. The summed E-state index contributed by atoms with van der Waals surface area (Å²) in [5.74, 6) is 1.13. The van der Waals surface area contributed by atoms with Crippen LogP contribution in [0.2, 0.25) is 5.02 Å². The lowest BCUT2D eigenvalue weighted by molar-refractivity contribution is 0.174. The average molecular weight is 224 g/mol. The van der Waals surface area contributed by atoms with Gasteiger partial charge in [0.15, 0.2) is 11.5 Å². The second-order valence-corrected chi connectivity index (χ2v) is 3.72. The van der Waals surface area contributed by atoms with E-state index in [1.807, 2.05) is 6.92 Å². The molecule has 1 heterocycles. The van der Waals surface area contributed by atoms with Gasteiger partial charge < -0.3 is 9.47 Å². The summed E-state index contributed by atoms with van der Waals surface area (Å²) in [6, 6.07) is 5.72. The van der Waals surface area contributed by atoms with Gasteiger partial charge in [0.25, 0.3) is 0 Å². The molecular formula is C11H10ClNO2. The van der Waals surface area contributed by atoms with Gasteiger partial charge in [0.05, 0.1) is 12.0 Å². The minimum Gasteiger partial charge on any atom is -0.454 e. The first-order valence-electron chi connectivity index (χ1n) is 4.75. The lowest BCUT2D eigenvalue weighted by atomic mass is 9.97. The molecule has 0 aliphatic carbocycles. The summed E-state index contributed by atoms with van der Waals surface area (Å²) in [6.45, 7) is 2.17. The van der Waals surface area contributed by atoms with E-state index >= 15 is 0 Å². The number of benzene rings is 1. The van der Waals surface area contributed by atoms with Gasteiger partial charge in [-0.25, -0.2) is 0 Å². The van der Waals surface area contributed by atoms with E-state index in [9.17, 15) is 0 Å². The third-order valence-electron chi connectivity index (χ3n) is 2.43. The zero-order valence-electron chi connectivity index (χ0n) is 8.29. The Bertz CT molecular complexity index is 425. The van der Waals surface area contributed by atoms with E-state index in [0.29, 0.717) is 16.5 Å². The maximum Gasteiger partial charge on any atom is 0.231 e. The van der Waals surface area contributed by atoms with Gasteiger partial charge in [-0.3, -0.25) is 0 Å². The Kier molecular flexibility index (Phi) is 2.70. The Morgan fingerprint density at radius 3 is 2.73 bits per heavy atom. The first-order valence-corrected chi connectivity index (χ1v) is 5.12. The summed E-state index contributed by atoms with van der Waals surface area (Å²) < 4.78 is 10.4. The largest absolute Gasteiger partial charge is 0.454 e. The van der Waals surface area contributed by atoms with Gasteiger partial charge in [0, 0.05) is 11.1 Å². The van der Waals surface area contributed by atoms with E-state index in [0.717, 1.165) is 12.0 Å².